The van der Waals surface area contributed by atoms with Crippen LogP contribution < -0.4 is 10.6 Å². The van der Waals surface area contributed by atoms with E-state index in [1.165, 1.54) is 5.56 Å². The van der Waals surface area contributed by atoms with Gasteiger partial charge in [0.25, 0.3) is 0 Å². The number of amides is 2. The van der Waals surface area contributed by atoms with Crippen LogP contribution in [0.25, 0.3) is 0 Å². The molecule has 2 aliphatic rings. The van der Waals surface area contributed by atoms with Crippen molar-refractivity contribution in [2.75, 3.05) is 24.5 Å². The standard InChI is InChI=1S/C19H27N3O2/c1-14(20)15-8-11-21(12-9-15)18(23)10-13-22-17-5-3-2-4-16(17)6-7-19(22)24/h2-5,14-15H,6-13,20H2,1H3. The number of carbonyl (C=O) groups is 2. The Balaban J connectivity index is 1.56. The molecule has 5 heteroatoms. The predicted molar refractivity (Wildman–Crippen MR) is 94.7 cm³/mol. The second-order valence-corrected chi connectivity index (χ2v) is 7.00. The molecule has 0 spiro atoms. The van der Waals surface area contributed by atoms with Gasteiger partial charge in [-0.05, 0) is 43.7 Å². The number of piperidine rings is 1. The van der Waals surface area contributed by atoms with E-state index < -0.39 is 0 Å². The number of nitrogens with zero attached hydrogens (tertiary/aromatic N) is 2. The first-order chi connectivity index (χ1) is 11.6. The van der Waals surface area contributed by atoms with Gasteiger partial charge >= 0.3 is 0 Å². The summed E-state index contributed by atoms with van der Waals surface area (Å²) in [6.07, 6.45) is 3.68. The van der Waals surface area contributed by atoms with E-state index in [9.17, 15) is 9.59 Å². The van der Waals surface area contributed by atoms with Crippen LogP contribution in [0.1, 0.15) is 38.2 Å². The van der Waals surface area contributed by atoms with Crippen LogP contribution in [0.4, 0.5) is 5.69 Å². The van der Waals surface area contributed by atoms with Crippen molar-refractivity contribution >= 4 is 17.5 Å². The fourth-order valence-electron chi connectivity index (χ4n) is 3.78. The smallest absolute Gasteiger partial charge is 0.227 e. The quantitative estimate of drug-likeness (QED) is 0.918. The Morgan fingerprint density at radius 2 is 1.96 bits per heavy atom. The van der Waals surface area contributed by atoms with Crippen LogP contribution in [-0.2, 0) is 16.0 Å². The van der Waals surface area contributed by atoms with E-state index in [4.69, 9.17) is 5.73 Å². The summed E-state index contributed by atoms with van der Waals surface area (Å²) >= 11 is 0. The molecular formula is C19H27N3O2. The van der Waals surface area contributed by atoms with E-state index in [1.54, 1.807) is 4.90 Å². The van der Waals surface area contributed by atoms with Crippen molar-refractivity contribution in [3.8, 4) is 0 Å². The Labute approximate surface area is 143 Å². The maximum Gasteiger partial charge on any atom is 0.227 e. The highest BCUT2D eigenvalue weighted by Gasteiger charge is 2.27. The molecule has 2 heterocycles. The number of nitrogens with two attached hydrogens (primary N) is 1. The first-order valence-corrected chi connectivity index (χ1v) is 8.98. The van der Waals surface area contributed by atoms with Crippen molar-refractivity contribution in [2.24, 2.45) is 11.7 Å². The number of likely N-dealkylation sites (tertiary alicyclic amines) is 1. The molecule has 1 fully saturated rings. The van der Waals surface area contributed by atoms with Crippen LogP contribution in [-0.4, -0.2) is 42.4 Å². The molecule has 1 atom stereocenters. The van der Waals surface area contributed by atoms with Gasteiger partial charge in [-0.3, -0.25) is 9.59 Å². The molecule has 0 radical (unpaired) electrons. The topological polar surface area (TPSA) is 66.6 Å². The molecule has 1 aromatic carbocycles. The summed E-state index contributed by atoms with van der Waals surface area (Å²) in [5.41, 5.74) is 8.12. The van der Waals surface area contributed by atoms with E-state index in [1.807, 2.05) is 30.0 Å². The molecule has 2 aliphatic heterocycles. The molecular weight excluding hydrogens is 302 g/mol. The maximum atomic E-state index is 12.5. The van der Waals surface area contributed by atoms with Gasteiger partial charge in [0, 0.05) is 44.2 Å². The number of hydrogen-bond donors (Lipinski definition) is 1. The van der Waals surface area contributed by atoms with Crippen molar-refractivity contribution in [2.45, 2.75) is 45.1 Å². The fraction of sp³-hybridized carbons (Fsp3) is 0.579. The van der Waals surface area contributed by atoms with Crippen molar-refractivity contribution in [3.05, 3.63) is 29.8 Å². The molecule has 24 heavy (non-hydrogen) atoms. The third kappa shape index (κ3) is 3.61. The van der Waals surface area contributed by atoms with Gasteiger partial charge in [-0.1, -0.05) is 18.2 Å². The number of aryl methyl sites for hydroxylation is 1. The van der Waals surface area contributed by atoms with Crippen molar-refractivity contribution in [3.63, 3.8) is 0 Å². The minimum absolute atomic E-state index is 0.122. The predicted octanol–water partition coefficient (Wildman–Crippen LogP) is 1.94. The average Bonchev–Trinajstić information content (AvgIpc) is 2.60. The maximum absolute atomic E-state index is 12.5. The minimum atomic E-state index is 0.122. The van der Waals surface area contributed by atoms with Crippen LogP contribution in [0.3, 0.4) is 0 Å². The number of para-hydroxylation sites is 1. The van der Waals surface area contributed by atoms with Crippen molar-refractivity contribution in [1.82, 2.24) is 4.90 Å². The SMILES string of the molecule is CC(N)C1CCN(C(=O)CCN2C(=O)CCc3ccccc32)CC1. The van der Waals surface area contributed by atoms with Gasteiger partial charge in [0.15, 0.2) is 0 Å². The molecule has 1 saturated heterocycles. The molecule has 1 aromatic rings. The third-order valence-electron chi connectivity index (χ3n) is 5.38. The summed E-state index contributed by atoms with van der Waals surface area (Å²) in [6.45, 7) is 4.09. The number of fused-ring (bicyclic) bond motifs is 1. The molecule has 2 amide bonds. The molecule has 1 unspecified atom stereocenters. The van der Waals surface area contributed by atoms with Gasteiger partial charge in [0.05, 0.1) is 0 Å². The number of benzene rings is 1. The number of carbonyl (C=O) groups excluding carboxylic acids is 2. The van der Waals surface area contributed by atoms with E-state index in [-0.39, 0.29) is 17.9 Å². The number of hydrogen-bond acceptors (Lipinski definition) is 3. The number of rotatable bonds is 4. The highest BCUT2D eigenvalue weighted by molar-refractivity contribution is 5.97. The first kappa shape index (κ1) is 17.0. The Bertz CT molecular complexity index is 606. The first-order valence-electron chi connectivity index (χ1n) is 8.98. The third-order valence-corrected chi connectivity index (χ3v) is 5.38. The van der Waals surface area contributed by atoms with E-state index >= 15 is 0 Å². The summed E-state index contributed by atoms with van der Waals surface area (Å²) in [5, 5.41) is 0. The Morgan fingerprint density at radius 1 is 1.25 bits per heavy atom. The van der Waals surface area contributed by atoms with Crippen LogP contribution >= 0.6 is 0 Å². The van der Waals surface area contributed by atoms with Gasteiger partial charge in [-0.2, -0.15) is 0 Å². The zero-order valence-electron chi connectivity index (χ0n) is 14.4. The summed E-state index contributed by atoms with van der Waals surface area (Å²) in [5.74, 6) is 0.788. The summed E-state index contributed by atoms with van der Waals surface area (Å²) in [6, 6.07) is 8.19. The Hall–Kier alpha value is -1.88. The van der Waals surface area contributed by atoms with Crippen LogP contribution in [0.2, 0.25) is 0 Å². The van der Waals surface area contributed by atoms with Gasteiger partial charge in [-0.25, -0.2) is 0 Å². The van der Waals surface area contributed by atoms with Crippen molar-refractivity contribution < 1.29 is 9.59 Å². The summed E-state index contributed by atoms with van der Waals surface area (Å²) in [4.78, 5) is 28.5. The Kier molecular flexibility index (Phi) is 5.19. The number of anilines is 1. The minimum Gasteiger partial charge on any atom is -0.343 e. The average molecular weight is 329 g/mol. The van der Waals surface area contributed by atoms with Gasteiger partial charge in [-0.15, -0.1) is 0 Å². The van der Waals surface area contributed by atoms with Crippen LogP contribution in [0.5, 0.6) is 0 Å². The normalized spacial score (nSPS) is 20.0. The fourth-order valence-corrected chi connectivity index (χ4v) is 3.78. The summed E-state index contributed by atoms with van der Waals surface area (Å²) < 4.78 is 0. The van der Waals surface area contributed by atoms with Gasteiger partial charge in [0.2, 0.25) is 11.8 Å². The zero-order chi connectivity index (χ0) is 17.1. The highest BCUT2D eigenvalue weighted by Crippen LogP contribution is 2.28. The van der Waals surface area contributed by atoms with E-state index in [0.717, 1.165) is 38.0 Å². The second-order valence-electron chi connectivity index (χ2n) is 7.00. The summed E-state index contributed by atoms with van der Waals surface area (Å²) in [7, 11) is 0. The molecule has 3 rings (SSSR count). The molecule has 0 saturated carbocycles. The molecule has 130 valence electrons. The van der Waals surface area contributed by atoms with E-state index in [0.29, 0.717) is 25.3 Å². The van der Waals surface area contributed by atoms with E-state index in [2.05, 4.69) is 6.07 Å². The largest absolute Gasteiger partial charge is 0.343 e. The van der Waals surface area contributed by atoms with Crippen LogP contribution in [0, 0.1) is 5.92 Å². The van der Waals surface area contributed by atoms with Crippen LogP contribution in [0.15, 0.2) is 24.3 Å². The second kappa shape index (κ2) is 7.34. The lowest BCUT2D eigenvalue weighted by molar-refractivity contribution is -0.132. The Morgan fingerprint density at radius 3 is 2.67 bits per heavy atom. The highest BCUT2D eigenvalue weighted by atomic mass is 16.2. The van der Waals surface area contributed by atoms with Crippen molar-refractivity contribution in [1.29, 1.82) is 0 Å². The van der Waals surface area contributed by atoms with Gasteiger partial charge in [0.1, 0.15) is 0 Å². The zero-order valence-corrected chi connectivity index (χ0v) is 14.4. The lowest BCUT2D eigenvalue weighted by Gasteiger charge is -2.34. The molecule has 0 aromatic heterocycles. The lowest BCUT2D eigenvalue weighted by atomic mass is 9.91. The molecule has 2 N–H and O–H groups in total. The molecule has 5 nitrogen and oxygen atoms in total. The lowest BCUT2D eigenvalue weighted by Crippen LogP contribution is -2.44. The van der Waals surface area contributed by atoms with Gasteiger partial charge < -0.3 is 15.5 Å². The molecule has 0 bridgehead atoms. The monoisotopic (exact) mass is 329 g/mol. The molecule has 0 aliphatic carbocycles.